The number of anilines is 2. The summed E-state index contributed by atoms with van der Waals surface area (Å²) in [4.78, 5) is 16.7. The van der Waals surface area contributed by atoms with Crippen molar-refractivity contribution in [1.29, 1.82) is 0 Å². The number of nitrogens with zero attached hydrogens (tertiary/aromatic N) is 4. The van der Waals surface area contributed by atoms with Gasteiger partial charge in [-0.15, -0.1) is 0 Å². The Morgan fingerprint density at radius 3 is 2.74 bits per heavy atom. The van der Waals surface area contributed by atoms with Crippen LogP contribution in [0.15, 0.2) is 16.9 Å². The van der Waals surface area contributed by atoms with Crippen LogP contribution in [-0.2, 0) is 19.7 Å². The number of amides is 1. The van der Waals surface area contributed by atoms with Crippen molar-refractivity contribution in [2.45, 2.75) is 59.1 Å². The van der Waals surface area contributed by atoms with Gasteiger partial charge in [0.15, 0.2) is 11.5 Å². The Hall–Kier alpha value is -2.48. The molecule has 12 nitrogen and oxygen atoms in total. The first-order valence-corrected chi connectivity index (χ1v) is 12.9. The van der Waals surface area contributed by atoms with E-state index in [0.717, 1.165) is 11.8 Å². The van der Waals surface area contributed by atoms with Crippen LogP contribution in [-0.4, -0.2) is 72.4 Å². The van der Waals surface area contributed by atoms with Crippen LogP contribution in [0.5, 0.6) is 0 Å². The third kappa shape index (κ3) is 6.56. The summed E-state index contributed by atoms with van der Waals surface area (Å²) in [6.45, 7) is 11.5. The molecule has 0 aromatic carbocycles. The molecular formula is C21H34N6O6S. The summed E-state index contributed by atoms with van der Waals surface area (Å²) in [6.07, 6.45) is 3.33. The molecule has 2 aromatic heterocycles. The fraction of sp³-hybridized carbons (Fsp3) is 0.667. The minimum atomic E-state index is -4.08. The molecule has 34 heavy (non-hydrogen) atoms. The summed E-state index contributed by atoms with van der Waals surface area (Å²) in [6, 6.07) is 0.211. The van der Waals surface area contributed by atoms with Gasteiger partial charge in [-0.05, 0) is 33.1 Å². The van der Waals surface area contributed by atoms with Crippen LogP contribution in [0.4, 0.5) is 11.8 Å². The molecule has 2 N–H and O–H groups in total. The highest BCUT2D eigenvalue weighted by Crippen LogP contribution is 2.27. The summed E-state index contributed by atoms with van der Waals surface area (Å²) < 4.78 is 46.9. The molecule has 0 bridgehead atoms. The Morgan fingerprint density at radius 2 is 2.06 bits per heavy atom. The molecular weight excluding hydrogens is 464 g/mol. The predicted octanol–water partition coefficient (Wildman–Crippen LogP) is 2.42. The second-order valence-corrected chi connectivity index (χ2v) is 10.3. The highest BCUT2D eigenvalue weighted by atomic mass is 32.2. The van der Waals surface area contributed by atoms with Crippen molar-refractivity contribution in [2.24, 2.45) is 0 Å². The van der Waals surface area contributed by atoms with E-state index >= 15 is 0 Å². The number of aromatic nitrogens is 3. The Bertz CT molecular complexity index is 1060. The molecule has 0 spiro atoms. The average Bonchev–Trinajstić information content (AvgIpc) is 3.34. The minimum Gasteiger partial charge on any atom is -0.431 e. The fourth-order valence-electron chi connectivity index (χ4n) is 3.39. The van der Waals surface area contributed by atoms with Gasteiger partial charge in [-0.2, -0.15) is 22.8 Å². The maximum absolute atomic E-state index is 12.7. The van der Waals surface area contributed by atoms with E-state index < -0.39 is 16.1 Å². The van der Waals surface area contributed by atoms with Crippen LogP contribution >= 0.6 is 0 Å². The number of rotatable bonds is 10. The SMILES string of the molecule is CCOCC1CCN(S(=O)(=O)NC(=O)c2coc(Nc3nn(C(C)C)cc3C(C)C)n2)CCO1. The summed E-state index contributed by atoms with van der Waals surface area (Å²) in [5.41, 5.74) is 0.798. The Labute approximate surface area is 200 Å². The highest BCUT2D eigenvalue weighted by molar-refractivity contribution is 7.87. The zero-order valence-corrected chi connectivity index (χ0v) is 21.1. The zero-order valence-electron chi connectivity index (χ0n) is 20.3. The molecule has 3 rings (SSSR count). The van der Waals surface area contributed by atoms with E-state index in [1.165, 1.54) is 4.31 Å². The van der Waals surface area contributed by atoms with Crippen LogP contribution in [0.2, 0.25) is 0 Å². The topological polar surface area (TPSA) is 141 Å². The van der Waals surface area contributed by atoms with Gasteiger partial charge in [0.05, 0.1) is 19.3 Å². The molecule has 0 radical (unpaired) electrons. The molecule has 1 saturated heterocycles. The van der Waals surface area contributed by atoms with E-state index in [1.54, 1.807) is 0 Å². The third-order valence-electron chi connectivity index (χ3n) is 5.34. The molecule has 1 fully saturated rings. The average molecular weight is 499 g/mol. The van der Waals surface area contributed by atoms with Gasteiger partial charge in [-0.25, -0.2) is 4.72 Å². The van der Waals surface area contributed by atoms with Crippen molar-refractivity contribution < 1.29 is 27.1 Å². The lowest BCUT2D eigenvalue weighted by molar-refractivity contribution is -0.00687. The first-order chi connectivity index (χ1) is 16.1. The molecule has 1 atom stereocenters. The van der Waals surface area contributed by atoms with Crippen LogP contribution in [0, 0.1) is 0 Å². The molecule has 1 amide bonds. The third-order valence-corrected chi connectivity index (χ3v) is 6.83. The van der Waals surface area contributed by atoms with Crippen molar-refractivity contribution in [3.8, 4) is 0 Å². The van der Waals surface area contributed by atoms with E-state index in [0.29, 0.717) is 25.5 Å². The predicted molar refractivity (Wildman–Crippen MR) is 125 cm³/mol. The lowest BCUT2D eigenvalue weighted by Gasteiger charge is -2.19. The minimum absolute atomic E-state index is 0.0420. The number of hydrogen-bond donors (Lipinski definition) is 2. The van der Waals surface area contributed by atoms with Gasteiger partial charge < -0.3 is 13.9 Å². The van der Waals surface area contributed by atoms with E-state index in [9.17, 15) is 13.2 Å². The molecule has 190 valence electrons. The quantitative estimate of drug-likeness (QED) is 0.505. The van der Waals surface area contributed by atoms with E-state index in [4.69, 9.17) is 13.9 Å². The van der Waals surface area contributed by atoms with E-state index in [-0.39, 0.29) is 49.5 Å². The monoisotopic (exact) mass is 498 g/mol. The number of nitrogens with one attached hydrogen (secondary N) is 2. The largest absolute Gasteiger partial charge is 0.431 e. The molecule has 3 heterocycles. The van der Waals surface area contributed by atoms with Crippen molar-refractivity contribution in [3.05, 3.63) is 23.7 Å². The summed E-state index contributed by atoms with van der Waals surface area (Å²) in [5, 5.41) is 7.50. The van der Waals surface area contributed by atoms with Crippen molar-refractivity contribution >= 4 is 27.9 Å². The van der Waals surface area contributed by atoms with Gasteiger partial charge in [0.25, 0.3) is 5.91 Å². The van der Waals surface area contributed by atoms with Gasteiger partial charge in [-0.3, -0.25) is 14.8 Å². The van der Waals surface area contributed by atoms with Gasteiger partial charge in [0, 0.05) is 37.5 Å². The van der Waals surface area contributed by atoms with E-state index in [1.807, 2.05) is 45.5 Å². The van der Waals surface area contributed by atoms with Gasteiger partial charge in [-0.1, -0.05) is 13.8 Å². The first kappa shape index (κ1) is 26.1. The molecule has 0 aliphatic carbocycles. The van der Waals surface area contributed by atoms with Crippen molar-refractivity contribution in [1.82, 2.24) is 23.8 Å². The number of carbonyl (C=O) groups is 1. The molecule has 2 aromatic rings. The Kier molecular flexibility index (Phi) is 8.68. The smallest absolute Gasteiger partial charge is 0.304 e. The zero-order chi connectivity index (χ0) is 24.9. The summed E-state index contributed by atoms with van der Waals surface area (Å²) in [7, 11) is -4.08. The van der Waals surface area contributed by atoms with Gasteiger partial charge >= 0.3 is 16.2 Å². The van der Waals surface area contributed by atoms with Crippen LogP contribution in [0.25, 0.3) is 0 Å². The molecule has 0 saturated carbocycles. The second kappa shape index (κ2) is 11.3. The van der Waals surface area contributed by atoms with Crippen molar-refractivity contribution in [2.75, 3.05) is 38.2 Å². The van der Waals surface area contributed by atoms with Gasteiger partial charge in [0.1, 0.15) is 6.26 Å². The van der Waals surface area contributed by atoms with Crippen LogP contribution in [0.1, 0.15) is 69.1 Å². The highest BCUT2D eigenvalue weighted by Gasteiger charge is 2.29. The first-order valence-electron chi connectivity index (χ1n) is 11.4. The number of hydrogen-bond acceptors (Lipinski definition) is 9. The normalized spacial score (nSPS) is 17.8. The fourth-order valence-corrected chi connectivity index (χ4v) is 4.51. The van der Waals surface area contributed by atoms with Crippen LogP contribution < -0.4 is 10.0 Å². The van der Waals surface area contributed by atoms with Gasteiger partial charge in [0.2, 0.25) is 0 Å². The lowest BCUT2D eigenvalue weighted by Crippen LogP contribution is -2.44. The Balaban J connectivity index is 1.64. The number of oxazole rings is 1. The van der Waals surface area contributed by atoms with E-state index in [2.05, 4.69) is 20.1 Å². The number of carbonyl (C=O) groups excluding carboxylic acids is 1. The standard InChI is InChI=1S/C21H34N6O6S/c1-6-31-12-16-7-8-26(9-10-32-16)34(29,30)25-20(28)18-13-33-21(22-18)23-19-17(14(2)3)11-27(24-19)15(4)5/h11,13-16H,6-10,12H2,1-5H3,(H,25,28)(H,22,23,24). The van der Waals surface area contributed by atoms with Crippen molar-refractivity contribution in [3.63, 3.8) is 0 Å². The molecule has 13 heteroatoms. The molecule has 1 aliphatic rings. The second-order valence-electron chi connectivity index (χ2n) is 8.60. The van der Waals surface area contributed by atoms with Crippen LogP contribution in [0.3, 0.4) is 0 Å². The lowest BCUT2D eigenvalue weighted by atomic mass is 10.1. The number of ether oxygens (including phenoxy) is 2. The maximum atomic E-state index is 12.7. The summed E-state index contributed by atoms with van der Waals surface area (Å²) in [5.74, 6) is -0.121. The Morgan fingerprint density at radius 1 is 1.29 bits per heavy atom. The maximum Gasteiger partial charge on any atom is 0.304 e. The molecule has 1 aliphatic heterocycles. The summed E-state index contributed by atoms with van der Waals surface area (Å²) >= 11 is 0. The molecule has 1 unspecified atom stereocenters.